The molecule has 1 aromatic carbocycles. The highest BCUT2D eigenvalue weighted by Gasteiger charge is 2.26. The second-order valence-electron chi connectivity index (χ2n) is 9.41. The van der Waals surface area contributed by atoms with Crippen molar-refractivity contribution in [3.8, 4) is 28.5 Å². The van der Waals surface area contributed by atoms with Crippen molar-refractivity contribution in [3.63, 3.8) is 0 Å². The Morgan fingerprint density at radius 3 is 2.65 bits per heavy atom. The van der Waals surface area contributed by atoms with E-state index >= 15 is 0 Å². The molecular weight excluding hydrogens is 486 g/mol. The smallest absolute Gasteiger partial charge is 0.226 e. The van der Waals surface area contributed by atoms with Crippen LogP contribution in [-0.4, -0.2) is 50.3 Å². The number of allylic oxidation sites excluding steroid dienone is 1. The molecule has 0 atom stereocenters. The largest absolute Gasteiger partial charge is 0.495 e. The molecular formula is C29H36ClN5O2. The molecule has 0 radical (unpaired) electrons. The summed E-state index contributed by atoms with van der Waals surface area (Å²) in [6, 6.07) is 9.69. The summed E-state index contributed by atoms with van der Waals surface area (Å²) in [6.07, 6.45) is 15.9. The summed E-state index contributed by atoms with van der Waals surface area (Å²) in [5, 5.41) is 5.35. The summed E-state index contributed by atoms with van der Waals surface area (Å²) >= 11 is 6.44. The molecule has 0 spiro atoms. The number of carbonyl (C=O) groups is 1. The number of unbranched alkanes of at least 4 members (excludes halogenated alkanes) is 2. The van der Waals surface area contributed by atoms with Crippen LogP contribution < -0.4 is 4.74 Å². The molecule has 196 valence electrons. The summed E-state index contributed by atoms with van der Waals surface area (Å²) < 4.78 is 7.21. The summed E-state index contributed by atoms with van der Waals surface area (Å²) in [4.78, 5) is 24.3. The first-order valence-corrected chi connectivity index (χ1v) is 13.6. The lowest BCUT2D eigenvalue weighted by molar-refractivity contribution is -0.132. The van der Waals surface area contributed by atoms with Crippen molar-refractivity contribution in [2.75, 3.05) is 13.7 Å². The Bertz CT molecular complexity index is 1190. The van der Waals surface area contributed by atoms with Crippen molar-refractivity contribution < 1.29 is 9.53 Å². The Morgan fingerprint density at radius 2 is 1.95 bits per heavy atom. The minimum Gasteiger partial charge on any atom is -0.495 e. The summed E-state index contributed by atoms with van der Waals surface area (Å²) in [7, 11) is 1.60. The van der Waals surface area contributed by atoms with E-state index in [9.17, 15) is 4.79 Å². The third kappa shape index (κ3) is 6.98. The third-order valence-corrected chi connectivity index (χ3v) is 7.14. The Morgan fingerprint density at radius 1 is 1.16 bits per heavy atom. The van der Waals surface area contributed by atoms with Gasteiger partial charge in [0.25, 0.3) is 0 Å². The van der Waals surface area contributed by atoms with Gasteiger partial charge in [-0.05, 0) is 49.6 Å². The van der Waals surface area contributed by atoms with Crippen LogP contribution in [0.25, 0.3) is 22.8 Å². The Labute approximate surface area is 224 Å². The number of aromatic nitrogens is 4. The third-order valence-electron chi connectivity index (χ3n) is 6.84. The van der Waals surface area contributed by atoms with Gasteiger partial charge in [0.05, 0.1) is 18.7 Å². The van der Waals surface area contributed by atoms with Gasteiger partial charge in [0.1, 0.15) is 5.75 Å². The van der Waals surface area contributed by atoms with E-state index in [2.05, 4.69) is 22.9 Å². The van der Waals surface area contributed by atoms with Crippen molar-refractivity contribution in [3.05, 3.63) is 59.9 Å². The molecule has 1 saturated carbocycles. The number of methoxy groups -OCH3 is 1. The van der Waals surface area contributed by atoms with Crippen LogP contribution in [0, 0.1) is 0 Å². The van der Waals surface area contributed by atoms with Crippen molar-refractivity contribution in [1.29, 1.82) is 0 Å². The average molecular weight is 522 g/mol. The van der Waals surface area contributed by atoms with Gasteiger partial charge in [0, 0.05) is 42.5 Å². The number of halogens is 1. The van der Waals surface area contributed by atoms with Crippen LogP contribution in [0.2, 0.25) is 5.02 Å². The minimum atomic E-state index is 0.183. The molecule has 37 heavy (non-hydrogen) atoms. The van der Waals surface area contributed by atoms with Gasteiger partial charge in [-0.1, -0.05) is 56.4 Å². The van der Waals surface area contributed by atoms with E-state index in [1.807, 2.05) is 41.1 Å². The first-order chi connectivity index (χ1) is 18.1. The van der Waals surface area contributed by atoms with Crippen LogP contribution in [0.15, 0.2) is 54.9 Å². The van der Waals surface area contributed by atoms with Crippen LogP contribution in [0.3, 0.4) is 0 Å². The van der Waals surface area contributed by atoms with Gasteiger partial charge in [-0.2, -0.15) is 5.10 Å². The molecule has 8 heteroatoms. The maximum absolute atomic E-state index is 13.3. The summed E-state index contributed by atoms with van der Waals surface area (Å²) in [5.41, 5.74) is 1.73. The average Bonchev–Trinajstić information content (AvgIpc) is 3.60. The molecule has 4 rings (SSSR count). The number of pyridine rings is 1. The Hall–Kier alpha value is -3.19. The second-order valence-corrected chi connectivity index (χ2v) is 9.82. The van der Waals surface area contributed by atoms with Crippen LogP contribution in [0.1, 0.15) is 58.3 Å². The molecule has 0 bridgehead atoms. The van der Waals surface area contributed by atoms with E-state index in [-0.39, 0.29) is 5.91 Å². The highest BCUT2D eigenvalue weighted by atomic mass is 35.5. The molecule has 1 amide bonds. The number of ether oxygens (including phenoxy) is 1. The van der Waals surface area contributed by atoms with E-state index in [1.165, 1.54) is 12.8 Å². The standard InChI is InChI=1S/C29H36ClN5O2/c1-3-4-5-6-7-12-27(36)34(24-10-8-9-11-24)19-20-35-29(23-13-14-26(37-2)25(30)21-23)32-28(33-35)22-15-17-31-18-16-22/h6-7,13-18,21,24H,3-5,8-12,19-20H2,1-2H3. The van der Waals surface area contributed by atoms with E-state index in [4.69, 9.17) is 26.4 Å². The van der Waals surface area contributed by atoms with Crippen LogP contribution in [-0.2, 0) is 11.3 Å². The minimum absolute atomic E-state index is 0.183. The highest BCUT2D eigenvalue weighted by Crippen LogP contribution is 2.31. The number of hydrogen-bond acceptors (Lipinski definition) is 5. The Balaban J connectivity index is 1.58. The molecule has 3 aromatic rings. The van der Waals surface area contributed by atoms with Crippen LogP contribution >= 0.6 is 11.6 Å². The fourth-order valence-electron chi connectivity index (χ4n) is 4.81. The van der Waals surface area contributed by atoms with Gasteiger partial charge in [-0.25, -0.2) is 9.67 Å². The molecule has 2 aromatic heterocycles. The SMILES string of the molecule is CCCCC=CCC(=O)N(CCn1nc(-c2ccncc2)nc1-c1ccc(OC)c(Cl)c1)C1CCCC1. The van der Waals surface area contributed by atoms with E-state index in [1.54, 1.807) is 19.5 Å². The molecule has 1 aliphatic carbocycles. The molecule has 0 unspecified atom stereocenters. The normalized spacial score (nSPS) is 13.9. The number of hydrogen-bond donors (Lipinski definition) is 0. The molecule has 0 saturated heterocycles. The maximum atomic E-state index is 13.3. The Kier molecular flexibility index (Phi) is 9.71. The zero-order chi connectivity index (χ0) is 26.0. The number of nitrogens with zero attached hydrogens (tertiary/aromatic N) is 5. The maximum Gasteiger partial charge on any atom is 0.226 e. The first-order valence-electron chi connectivity index (χ1n) is 13.2. The molecule has 7 nitrogen and oxygen atoms in total. The molecule has 1 aliphatic rings. The number of carbonyl (C=O) groups excluding carboxylic acids is 1. The molecule has 0 aliphatic heterocycles. The van der Waals surface area contributed by atoms with Gasteiger partial charge >= 0.3 is 0 Å². The van der Waals surface area contributed by atoms with Crippen LogP contribution in [0.4, 0.5) is 0 Å². The van der Waals surface area contributed by atoms with Gasteiger partial charge in [-0.15, -0.1) is 0 Å². The predicted molar refractivity (Wildman–Crippen MR) is 148 cm³/mol. The second kappa shape index (κ2) is 13.4. The summed E-state index contributed by atoms with van der Waals surface area (Å²) in [5.74, 6) is 2.11. The lowest BCUT2D eigenvalue weighted by atomic mass is 10.1. The highest BCUT2D eigenvalue weighted by molar-refractivity contribution is 6.32. The number of rotatable bonds is 12. The van der Waals surface area contributed by atoms with Gasteiger partial charge < -0.3 is 9.64 Å². The van der Waals surface area contributed by atoms with E-state index in [0.29, 0.717) is 48.0 Å². The van der Waals surface area contributed by atoms with Gasteiger partial charge in [0.2, 0.25) is 5.91 Å². The van der Waals surface area contributed by atoms with Crippen molar-refractivity contribution in [2.45, 2.75) is 70.9 Å². The zero-order valence-electron chi connectivity index (χ0n) is 21.8. The molecule has 1 fully saturated rings. The number of amides is 1. The van der Waals surface area contributed by atoms with Crippen molar-refractivity contribution in [1.82, 2.24) is 24.6 Å². The molecule has 2 heterocycles. The zero-order valence-corrected chi connectivity index (χ0v) is 22.5. The van der Waals surface area contributed by atoms with E-state index < -0.39 is 0 Å². The van der Waals surface area contributed by atoms with Crippen molar-refractivity contribution in [2.24, 2.45) is 0 Å². The topological polar surface area (TPSA) is 73.1 Å². The number of benzene rings is 1. The quantitative estimate of drug-likeness (QED) is 0.199. The lowest BCUT2D eigenvalue weighted by Gasteiger charge is -2.29. The van der Waals surface area contributed by atoms with Gasteiger partial charge in [0.15, 0.2) is 11.6 Å². The fourth-order valence-corrected chi connectivity index (χ4v) is 5.07. The lowest BCUT2D eigenvalue weighted by Crippen LogP contribution is -2.40. The monoisotopic (exact) mass is 521 g/mol. The van der Waals surface area contributed by atoms with E-state index in [0.717, 1.165) is 43.2 Å². The van der Waals surface area contributed by atoms with Crippen molar-refractivity contribution >= 4 is 17.5 Å². The van der Waals surface area contributed by atoms with Gasteiger partial charge in [-0.3, -0.25) is 9.78 Å². The van der Waals surface area contributed by atoms with Crippen LogP contribution in [0.5, 0.6) is 5.75 Å². The molecule has 0 N–H and O–H groups in total. The first kappa shape index (κ1) is 26.9. The fraction of sp³-hybridized carbons (Fsp3) is 0.448. The predicted octanol–water partition coefficient (Wildman–Crippen LogP) is 6.58. The summed E-state index contributed by atoms with van der Waals surface area (Å²) in [6.45, 7) is 3.31.